The molecule has 134 valence electrons. The smallest absolute Gasteiger partial charge is 0.140 e. The average Bonchev–Trinajstić information content (AvgIpc) is 3.18. The lowest BCUT2D eigenvalue weighted by atomic mass is 9.84. The van der Waals surface area contributed by atoms with E-state index in [1.165, 1.54) is 0 Å². The summed E-state index contributed by atoms with van der Waals surface area (Å²) in [6.45, 7) is 2.42. The van der Waals surface area contributed by atoms with Gasteiger partial charge in [-0.2, -0.15) is 0 Å². The number of pyridine rings is 1. The molecule has 5 heteroatoms. The summed E-state index contributed by atoms with van der Waals surface area (Å²) >= 11 is 0. The van der Waals surface area contributed by atoms with Crippen molar-refractivity contribution in [3.05, 3.63) is 48.9 Å². The molecule has 0 radical (unpaired) electrons. The average molecular weight is 349 g/mol. The Hall–Kier alpha value is -2.24. The first-order chi connectivity index (χ1) is 12.8. The highest BCUT2D eigenvalue weighted by Gasteiger charge is 2.40. The van der Waals surface area contributed by atoms with E-state index >= 15 is 0 Å². The zero-order valence-corrected chi connectivity index (χ0v) is 14.8. The molecule has 3 aromatic rings. The van der Waals surface area contributed by atoms with Gasteiger partial charge in [0.05, 0.1) is 11.1 Å². The van der Waals surface area contributed by atoms with Gasteiger partial charge in [-0.05, 0) is 37.8 Å². The number of aromatic nitrogens is 3. The highest BCUT2D eigenvalue weighted by atomic mass is 16.5. The van der Waals surface area contributed by atoms with Gasteiger partial charge in [-0.3, -0.25) is 4.98 Å². The van der Waals surface area contributed by atoms with Gasteiger partial charge in [0.25, 0.3) is 0 Å². The van der Waals surface area contributed by atoms with Crippen LogP contribution in [-0.2, 0) is 9.47 Å². The monoisotopic (exact) mass is 349 g/mol. The molecule has 1 spiro atoms. The van der Waals surface area contributed by atoms with Gasteiger partial charge in [0.1, 0.15) is 5.82 Å². The lowest BCUT2D eigenvalue weighted by molar-refractivity contribution is -0.144. The van der Waals surface area contributed by atoms with Crippen LogP contribution < -0.4 is 0 Å². The third kappa shape index (κ3) is 2.81. The molecule has 2 aromatic heterocycles. The lowest BCUT2D eigenvalue weighted by Gasteiger charge is -2.43. The van der Waals surface area contributed by atoms with Crippen molar-refractivity contribution in [2.24, 2.45) is 0 Å². The molecule has 0 saturated carbocycles. The van der Waals surface area contributed by atoms with Gasteiger partial charge in [0.15, 0.2) is 0 Å². The van der Waals surface area contributed by atoms with Crippen molar-refractivity contribution in [2.45, 2.75) is 37.3 Å². The maximum absolute atomic E-state index is 6.21. The normalized spacial score (nSPS) is 22.7. The van der Waals surface area contributed by atoms with Crippen LogP contribution >= 0.6 is 0 Å². The number of benzene rings is 1. The Morgan fingerprint density at radius 2 is 1.96 bits per heavy atom. The zero-order valence-electron chi connectivity index (χ0n) is 14.8. The van der Waals surface area contributed by atoms with Crippen LogP contribution in [0.1, 0.15) is 31.7 Å². The largest absolute Gasteiger partial charge is 0.381 e. The Morgan fingerprint density at radius 1 is 1.04 bits per heavy atom. The van der Waals surface area contributed by atoms with Crippen LogP contribution in [0.3, 0.4) is 0 Å². The van der Waals surface area contributed by atoms with Crippen molar-refractivity contribution in [3.63, 3.8) is 0 Å². The molecule has 0 N–H and O–H groups in total. The summed E-state index contributed by atoms with van der Waals surface area (Å²) in [6.07, 6.45) is 9.90. The summed E-state index contributed by atoms with van der Waals surface area (Å²) < 4.78 is 14.1. The number of imidazole rings is 1. The van der Waals surface area contributed by atoms with Crippen molar-refractivity contribution in [1.82, 2.24) is 14.5 Å². The molecule has 0 amide bonds. The van der Waals surface area contributed by atoms with Gasteiger partial charge in [-0.1, -0.05) is 18.2 Å². The first-order valence-corrected chi connectivity index (χ1v) is 9.43. The topological polar surface area (TPSA) is 49.2 Å². The van der Waals surface area contributed by atoms with Crippen LogP contribution in [0.2, 0.25) is 0 Å². The summed E-state index contributed by atoms with van der Waals surface area (Å²) in [6, 6.07) is 10.9. The van der Waals surface area contributed by atoms with Crippen molar-refractivity contribution >= 4 is 10.9 Å². The van der Waals surface area contributed by atoms with E-state index in [9.17, 15) is 0 Å². The van der Waals surface area contributed by atoms with Crippen molar-refractivity contribution in [2.75, 3.05) is 19.8 Å². The van der Waals surface area contributed by atoms with Crippen LogP contribution in [0.5, 0.6) is 0 Å². The Labute approximate surface area is 153 Å². The van der Waals surface area contributed by atoms with Crippen molar-refractivity contribution < 1.29 is 9.47 Å². The molecule has 0 aliphatic carbocycles. The van der Waals surface area contributed by atoms with Crippen molar-refractivity contribution in [3.8, 4) is 11.4 Å². The summed E-state index contributed by atoms with van der Waals surface area (Å²) in [7, 11) is 0. The number of nitrogens with zero attached hydrogens (tertiary/aromatic N) is 3. The van der Waals surface area contributed by atoms with Gasteiger partial charge in [-0.15, -0.1) is 0 Å². The second-order valence-electron chi connectivity index (χ2n) is 7.36. The molecular weight excluding hydrogens is 326 g/mol. The fourth-order valence-corrected chi connectivity index (χ4v) is 4.37. The van der Waals surface area contributed by atoms with Crippen LogP contribution in [0, 0.1) is 0 Å². The third-order valence-corrected chi connectivity index (χ3v) is 5.80. The fourth-order valence-electron chi connectivity index (χ4n) is 4.37. The quantitative estimate of drug-likeness (QED) is 0.702. The number of hydrogen-bond donors (Lipinski definition) is 0. The van der Waals surface area contributed by atoms with E-state index in [1.807, 2.05) is 18.5 Å². The molecule has 5 rings (SSSR count). The van der Waals surface area contributed by atoms with Crippen LogP contribution in [0.15, 0.2) is 48.9 Å². The summed E-state index contributed by atoms with van der Waals surface area (Å²) in [5.74, 6) is 1.02. The molecule has 2 saturated heterocycles. The van der Waals surface area contributed by atoms with E-state index in [1.54, 1.807) is 0 Å². The second kappa shape index (κ2) is 6.49. The number of hydrogen-bond acceptors (Lipinski definition) is 4. The van der Waals surface area contributed by atoms with Crippen molar-refractivity contribution in [1.29, 1.82) is 0 Å². The second-order valence-corrected chi connectivity index (χ2v) is 7.36. The maximum Gasteiger partial charge on any atom is 0.140 e. The molecule has 5 nitrogen and oxygen atoms in total. The Bertz CT molecular complexity index is 909. The van der Waals surface area contributed by atoms with Gasteiger partial charge < -0.3 is 14.0 Å². The predicted octanol–water partition coefficient (Wildman–Crippen LogP) is 4.00. The summed E-state index contributed by atoms with van der Waals surface area (Å²) in [5.41, 5.74) is 2.11. The molecular formula is C21H23N3O2. The first-order valence-electron chi connectivity index (χ1n) is 9.43. The van der Waals surface area contributed by atoms with Crippen LogP contribution in [-0.4, -0.2) is 40.0 Å². The number of rotatable bonds is 2. The molecule has 2 aliphatic rings. The van der Waals surface area contributed by atoms with E-state index in [0.29, 0.717) is 6.04 Å². The predicted molar refractivity (Wildman–Crippen MR) is 100.0 cm³/mol. The molecule has 1 aromatic carbocycles. The Morgan fingerprint density at radius 3 is 2.88 bits per heavy atom. The van der Waals surface area contributed by atoms with E-state index in [2.05, 4.69) is 45.0 Å². The molecule has 26 heavy (non-hydrogen) atoms. The molecule has 2 aliphatic heterocycles. The van der Waals surface area contributed by atoms with Crippen LogP contribution in [0.4, 0.5) is 0 Å². The Kier molecular flexibility index (Phi) is 3.98. The van der Waals surface area contributed by atoms with Gasteiger partial charge >= 0.3 is 0 Å². The maximum atomic E-state index is 6.21. The lowest BCUT2D eigenvalue weighted by Crippen LogP contribution is -2.44. The molecule has 2 fully saturated rings. The summed E-state index contributed by atoms with van der Waals surface area (Å²) in [4.78, 5) is 9.16. The molecule has 4 heterocycles. The fraction of sp³-hybridized carbons (Fsp3) is 0.429. The van der Waals surface area contributed by atoms with Gasteiger partial charge in [0, 0.05) is 55.4 Å². The minimum absolute atomic E-state index is 0.0202. The number of fused-ring (bicyclic) bond motifs is 1. The van der Waals surface area contributed by atoms with E-state index < -0.39 is 0 Å². The Balaban J connectivity index is 1.48. The van der Waals surface area contributed by atoms with E-state index in [0.717, 1.165) is 67.8 Å². The first kappa shape index (κ1) is 16.0. The van der Waals surface area contributed by atoms with Crippen LogP contribution in [0.25, 0.3) is 22.3 Å². The summed E-state index contributed by atoms with van der Waals surface area (Å²) in [5, 5.41) is 1.15. The molecule has 1 atom stereocenters. The van der Waals surface area contributed by atoms with Gasteiger partial charge in [0.2, 0.25) is 0 Å². The third-order valence-electron chi connectivity index (χ3n) is 5.80. The SMILES string of the molecule is c1cnc2cc(-c3nccn3C3CCOC4(CCOCC4)C3)ccc2c1. The molecule has 0 bridgehead atoms. The van der Waals surface area contributed by atoms with E-state index in [-0.39, 0.29) is 5.60 Å². The standard InChI is InChI=1S/C21H23N3O2/c1-2-16-3-4-17(14-19(16)22-8-1)20-23-9-10-24(20)18-5-11-26-21(15-18)6-12-25-13-7-21/h1-4,8-10,14,18H,5-7,11-13,15H2. The highest BCUT2D eigenvalue weighted by molar-refractivity contribution is 5.82. The minimum Gasteiger partial charge on any atom is -0.381 e. The minimum atomic E-state index is -0.0202. The van der Waals surface area contributed by atoms with Gasteiger partial charge in [-0.25, -0.2) is 4.98 Å². The zero-order chi connectivity index (χ0) is 17.4. The highest BCUT2D eigenvalue weighted by Crippen LogP contribution is 2.40. The molecule has 1 unspecified atom stereocenters. The van der Waals surface area contributed by atoms with E-state index in [4.69, 9.17) is 9.47 Å². The number of ether oxygens (including phenoxy) is 2.